The largest absolute Gasteiger partial charge is 0.396 e. The lowest BCUT2D eigenvalue weighted by Crippen LogP contribution is -1.86. The monoisotopic (exact) mass is 163 g/mol. The topological polar surface area (TPSA) is 33.1 Å². The molecule has 64 valence electrons. The van der Waals surface area contributed by atoms with Crippen molar-refractivity contribution in [1.29, 1.82) is 0 Å². The van der Waals surface area contributed by atoms with Gasteiger partial charge in [0.25, 0.3) is 0 Å². The maximum atomic E-state index is 8.61. The van der Waals surface area contributed by atoms with Crippen LogP contribution < -0.4 is 0 Å². The van der Waals surface area contributed by atoms with E-state index in [-0.39, 0.29) is 6.61 Å². The van der Waals surface area contributed by atoms with Crippen molar-refractivity contribution in [3.05, 3.63) is 36.7 Å². The van der Waals surface area contributed by atoms with Crippen LogP contribution >= 0.6 is 0 Å². The van der Waals surface area contributed by atoms with Gasteiger partial charge in [-0.25, -0.2) is 0 Å². The van der Waals surface area contributed by atoms with Crippen LogP contribution in [0.3, 0.4) is 0 Å². The normalized spacial score (nSPS) is 9.75. The SMILES string of the molecule is C=C(CCCO)c1ccncc1. The maximum Gasteiger partial charge on any atom is 0.0434 e. The predicted octanol–water partition coefficient (Wildman–Crippen LogP) is 1.87. The predicted molar refractivity (Wildman–Crippen MR) is 49.6 cm³/mol. The van der Waals surface area contributed by atoms with Crippen LogP contribution in [0, 0.1) is 0 Å². The molecule has 0 aromatic carbocycles. The average Bonchev–Trinajstić information content (AvgIpc) is 2.15. The minimum atomic E-state index is 0.226. The number of pyridine rings is 1. The molecule has 1 aromatic heterocycles. The molecule has 0 saturated heterocycles. The molecule has 0 aliphatic rings. The highest BCUT2D eigenvalue weighted by Gasteiger charge is 1.96. The van der Waals surface area contributed by atoms with E-state index >= 15 is 0 Å². The number of aromatic nitrogens is 1. The van der Waals surface area contributed by atoms with Gasteiger partial charge in [0.1, 0.15) is 0 Å². The molecule has 1 heterocycles. The van der Waals surface area contributed by atoms with E-state index in [9.17, 15) is 0 Å². The number of aliphatic hydroxyl groups is 1. The zero-order valence-electron chi connectivity index (χ0n) is 7.03. The molecule has 1 aromatic rings. The number of aliphatic hydroxyl groups excluding tert-OH is 1. The summed E-state index contributed by atoms with van der Waals surface area (Å²) in [7, 11) is 0. The molecule has 0 atom stereocenters. The fraction of sp³-hybridized carbons (Fsp3) is 0.300. The molecule has 2 heteroatoms. The number of hydrogen-bond acceptors (Lipinski definition) is 2. The zero-order chi connectivity index (χ0) is 8.81. The van der Waals surface area contributed by atoms with Gasteiger partial charge in [0, 0.05) is 19.0 Å². The third-order valence-corrected chi connectivity index (χ3v) is 1.73. The molecule has 1 N–H and O–H groups in total. The summed E-state index contributed by atoms with van der Waals surface area (Å²) in [6.45, 7) is 4.15. The Labute approximate surface area is 72.6 Å². The first-order valence-corrected chi connectivity index (χ1v) is 4.03. The lowest BCUT2D eigenvalue weighted by molar-refractivity contribution is 0.290. The molecule has 0 saturated carbocycles. The Hall–Kier alpha value is -1.15. The first-order chi connectivity index (χ1) is 5.84. The molecular weight excluding hydrogens is 150 g/mol. The average molecular weight is 163 g/mol. The first kappa shape index (κ1) is 8.94. The summed E-state index contributed by atoms with van der Waals surface area (Å²) < 4.78 is 0. The van der Waals surface area contributed by atoms with E-state index < -0.39 is 0 Å². The van der Waals surface area contributed by atoms with Gasteiger partial charge in [-0.3, -0.25) is 4.98 Å². The molecule has 0 spiro atoms. The Bertz CT molecular complexity index is 243. The molecule has 2 nitrogen and oxygen atoms in total. The second-order valence-electron chi connectivity index (χ2n) is 2.67. The quantitative estimate of drug-likeness (QED) is 0.735. The smallest absolute Gasteiger partial charge is 0.0434 e. The third kappa shape index (κ3) is 2.47. The zero-order valence-corrected chi connectivity index (χ0v) is 7.03. The minimum Gasteiger partial charge on any atom is -0.396 e. The van der Waals surface area contributed by atoms with E-state index in [1.54, 1.807) is 12.4 Å². The molecule has 0 aliphatic carbocycles. The van der Waals surface area contributed by atoms with Gasteiger partial charge in [-0.1, -0.05) is 6.58 Å². The van der Waals surface area contributed by atoms with Gasteiger partial charge in [0.15, 0.2) is 0 Å². The van der Waals surface area contributed by atoms with E-state index in [4.69, 9.17) is 5.11 Å². The lowest BCUT2D eigenvalue weighted by Gasteiger charge is -2.02. The summed E-state index contributed by atoms with van der Waals surface area (Å²) in [6.07, 6.45) is 5.13. The van der Waals surface area contributed by atoms with Crippen molar-refractivity contribution in [2.45, 2.75) is 12.8 Å². The summed E-state index contributed by atoms with van der Waals surface area (Å²) in [5, 5.41) is 8.61. The van der Waals surface area contributed by atoms with Crippen molar-refractivity contribution >= 4 is 5.57 Å². The molecule has 0 aliphatic heterocycles. The summed E-state index contributed by atoms with van der Waals surface area (Å²) in [6, 6.07) is 3.86. The summed E-state index contributed by atoms with van der Waals surface area (Å²) in [5.41, 5.74) is 2.17. The van der Waals surface area contributed by atoms with Crippen LogP contribution in [0.2, 0.25) is 0 Å². The minimum absolute atomic E-state index is 0.226. The summed E-state index contributed by atoms with van der Waals surface area (Å²) >= 11 is 0. The van der Waals surface area contributed by atoms with Gasteiger partial charge in [-0.2, -0.15) is 0 Å². The highest BCUT2D eigenvalue weighted by molar-refractivity contribution is 5.62. The van der Waals surface area contributed by atoms with Crippen LogP contribution in [0.25, 0.3) is 5.57 Å². The molecule has 0 bridgehead atoms. The molecule has 0 amide bonds. The number of hydrogen-bond donors (Lipinski definition) is 1. The lowest BCUT2D eigenvalue weighted by atomic mass is 10.1. The van der Waals surface area contributed by atoms with Crippen LogP contribution in [0.4, 0.5) is 0 Å². The van der Waals surface area contributed by atoms with Crippen LogP contribution in [0.5, 0.6) is 0 Å². The molecule has 12 heavy (non-hydrogen) atoms. The van der Waals surface area contributed by atoms with Crippen LogP contribution in [-0.2, 0) is 0 Å². The van der Waals surface area contributed by atoms with Gasteiger partial charge in [-0.15, -0.1) is 0 Å². The van der Waals surface area contributed by atoms with Crippen molar-refractivity contribution in [1.82, 2.24) is 4.98 Å². The first-order valence-electron chi connectivity index (χ1n) is 4.03. The Kier molecular flexibility index (Phi) is 3.48. The Morgan fingerprint density at radius 3 is 2.67 bits per heavy atom. The highest BCUT2D eigenvalue weighted by Crippen LogP contribution is 2.15. The number of allylic oxidation sites excluding steroid dienone is 1. The van der Waals surface area contributed by atoms with Crippen LogP contribution in [0.1, 0.15) is 18.4 Å². The molecule has 1 rings (SSSR count). The molecule has 0 unspecified atom stereocenters. The summed E-state index contributed by atoms with van der Waals surface area (Å²) in [5.74, 6) is 0. The Morgan fingerprint density at radius 2 is 2.08 bits per heavy atom. The van der Waals surface area contributed by atoms with Crippen LogP contribution in [-0.4, -0.2) is 16.7 Å². The fourth-order valence-electron chi connectivity index (χ4n) is 1.02. The Balaban J connectivity index is 2.54. The molecule has 0 fully saturated rings. The van der Waals surface area contributed by atoms with Crippen molar-refractivity contribution in [2.75, 3.05) is 6.61 Å². The second kappa shape index (κ2) is 4.67. The van der Waals surface area contributed by atoms with E-state index in [0.717, 1.165) is 24.0 Å². The second-order valence-corrected chi connectivity index (χ2v) is 2.67. The standard InChI is InChI=1S/C10H13NO/c1-9(3-2-8-12)10-4-6-11-7-5-10/h4-7,12H,1-3,8H2. The molecular formula is C10H13NO. The fourth-order valence-corrected chi connectivity index (χ4v) is 1.02. The van der Waals surface area contributed by atoms with Gasteiger partial charge >= 0.3 is 0 Å². The Morgan fingerprint density at radius 1 is 1.42 bits per heavy atom. The van der Waals surface area contributed by atoms with Crippen molar-refractivity contribution < 1.29 is 5.11 Å². The van der Waals surface area contributed by atoms with Gasteiger partial charge in [0.05, 0.1) is 0 Å². The summed E-state index contributed by atoms with van der Waals surface area (Å²) in [4.78, 5) is 3.92. The van der Waals surface area contributed by atoms with Gasteiger partial charge in [0.2, 0.25) is 0 Å². The van der Waals surface area contributed by atoms with Crippen molar-refractivity contribution in [2.24, 2.45) is 0 Å². The van der Waals surface area contributed by atoms with Crippen molar-refractivity contribution in [3.63, 3.8) is 0 Å². The maximum absolute atomic E-state index is 8.61. The molecule has 0 radical (unpaired) electrons. The third-order valence-electron chi connectivity index (χ3n) is 1.73. The number of nitrogens with zero attached hydrogens (tertiary/aromatic N) is 1. The van der Waals surface area contributed by atoms with Gasteiger partial charge in [-0.05, 0) is 36.1 Å². The highest BCUT2D eigenvalue weighted by atomic mass is 16.2. The van der Waals surface area contributed by atoms with E-state index in [0.29, 0.717) is 0 Å². The van der Waals surface area contributed by atoms with Gasteiger partial charge < -0.3 is 5.11 Å². The van der Waals surface area contributed by atoms with E-state index in [2.05, 4.69) is 11.6 Å². The van der Waals surface area contributed by atoms with E-state index in [1.807, 2.05) is 12.1 Å². The van der Waals surface area contributed by atoms with Crippen molar-refractivity contribution in [3.8, 4) is 0 Å². The van der Waals surface area contributed by atoms with E-state index in [1.165, 1.54) is 0 Å². The van der Waals surface area contributed by atoms with Crippen LogP contribution in [0.15, 0.2) is 31.1 Å². The number of rotatable bonds is 4.